The molecule has 144 valence electrons. The first kappa shape index (κ1) is 18.2. The molecule has 7 heteroatoms. The third-order valence-electron chi connectivity index (χ3n) is 5.04. The van der Waals surface area contributed by atoms with Gasteiger partial charge in [-0.25, -0.2) is 4.98 Å². The molecular formula is C21H23N5O2. The molecule has 1 saturated heterocycles. The summed E-state index contributed by atoms with van der Waals surface area (Å²) < 4.78 is 1.68. The molecule has 1 fully saturated rings. The van der Waals surface area contributed by atoms with Crippen molar-refractivity contribution in [1.29, 1.82) is 0 Å². The molecule has 28 heavy (non-hydrogen) atoms. The second-order valence-corrected chi connectivity index (χ2v) is 7.00. The Balaban J connectivity index is 1.59. The van der Waals surface area contributed by atoms with Crippen LogP contribution in [0.25, 0.3) is 5.52 Å². The Labute approximate surface area is 163 Å². The van der Waals surface area contributed by atoms with Gasteiger partial charge in [-0.05, 0) is 24.7 Å². The molecule has 0 saturated carbocycles. The third-order valence-corrected chi connectivity index (χ3v) is 5.04. The van der Waals surface area contributed by atoms with Gasteiger partial charge in [0.2, 0.25) is 5.82 Å². The lowest BCUT2D eigenvalue weighted by atomic mass is 10.2. The SMILES string of the molecule is CN1CCN(C(=O)c2nc(C(=O)NCc3ccccc3)n3ccccc23)CC1. The van der Waals surface area contributed by atoms with Gasteiger partial charge in [-0.1, -0.05) is 36.4 Å². The Kier molecular flexibility index (Phi) is 5.08. The zero-order valence-corrected chi connectivity index (χ0v) is 15.8. The number of imidazole rings is 1. The first-order valence-corrected chi connectivity index (χ1v) is 9.40. The smallest absolute Gasteiger partial charge is 0.287 e. The molecule has 0 aliphatic carbocycles. The van der Waals surface area contributed by atoms with E-state index in [4.69, 9.17) is 0 Å². The van der Waals surface area contributed by atoms with E-state index >= 15 is 0 Å². The second kappa shape index (κ2) is 7.82. The molecule has 0 atom stereocenters. The zero-order chi connectivity index (χ0) is 19.5. The van der Waals surface area contributed by atoms with Crippen molar-refractivity contribution < 1.29 is 9.59 Å². The highest BCUT2D eigenvalue weighted by Gasteiger charge is 2.26. The molecule has 1 N–H and O–H groups in total. The van der Waals surface area contributed by atoms with E-state index in [0.717, 1.165) is 18.7 Å². The van der Waals surface area contributed by atoms with Crippen molar-refractivity contribution in [3.8, 4) is 0 Å². The van der Waals surface area contributed by atoms with Gasteiger partial charge in [0.1, 0.15) is 0 Å². The number of hydrogen-bond acceptors (Lipinski definition) is 4. The van der Waals surface area contributed by atoms with Crippen LogP contribution < -0.4 is 5.32 Å². The van der Waals surface area contributed by atoms with Crippen LogP contribution in [0.5, 0.6) is 0 Å². The van der Waals surface area contributed by atoms with Gasteiger partial charge < -0.3 is 15.1 Å². The van der Waals surface area contributed by atoms with Crippen molar-refractivity contribution in [2.75, 3.05) is 33.2 Å². The summed E-state index contributed by atoms with van der Waals surface area (Å²) >= 11 is 0. The van der Waals surface area contributed by atoms with Crippen LogP contribution in [0.3, 0.4) is 0 Å². The van der Waals surface area contributed by atoms with Gasteiger partial charge in [0, 0.05) is 38.9 Å². The molecule has 1 aromatic carbocycles. The fourth-order valence-electron chi connectivity index (χ4n) is 3.37. The van der Waals surface area contributed by atoms with E-state index in [0.29, 0.717) is 30.8 Å². The van der Waals surface area contributed by atoms with Crippen LogP contribution >= 0.6 is 0 Å². The highest BCUT2D eigenvalue weighted by molar-refractivity contribution is 6.02. The lowest BCUT2D eigenvalue weighted by molar-refractivity contribution is 0.0661. The van der Waals surface area contributed by atoms with E-state index in [1.54, 1.807) is 15.5 Å². The van der Waals surface area contributed by atoms with E-state index in [1.165, 1.54) is 0 Å². The largest absolute Gasteiger partial charge is 0.345 e. The number of likely N-dealkylation sites (N-methyl/N-ethyl adjacent to an activating group) is 1. The standard InChI is InChI=1S/C21H23N5O2/c1-24-11-13-25(14-12-24)21(28)18-17-9-5-6-10-26(17)19(23-18)20(27)22-15-16-7-3-2-4-8-16/h2-10H,11-15H2,1H3,(H,22,27). The zero-order valence-electron chi connectivity index (χ0n) is 15.8. The lowest BCUT2D eigenvalue weighted by Crippen LogP contribution is -2.47. The molecule has 0 spiro atoms. The molecule has 0 radical (unpaired) electrons. The van der Waals surface area contributed by atoms with Gasteiger partial charge in [-0.15, -0.1) is 0 Å². The fourth-order valence-corrected chi connectivity index (χ4v) is 3.37. The quantitative estimate of drug-likeness (QED) is 0.751. The maximum Gasteiger partial charge on any atom is 0.287 e. The van der Waals surface area contributed by atoms with Gasteiger partial charge in [0.15, 0.2) is 5.69 Å². The van der Waals surface area contributed by atoms with Crippen LogP contribution in [-0.2, 0) is 6.54 Å². The maximum atomic E-state index is 13.0. The Morgan fingerprint density at radius 1 is 1.00 bits per heavy atom. The van der Waals surface area contributed by atoms with E-state index in [-0.39, 0.29) is 17.6 Å². The number of amides is 2. The van der Waals surface area contributed by atoms with E-state index in [2.05, 4.69) is 15.2 Å². The van der Waals surface area contributed by atoms with Gasteiger partial charge in [0.05, 0.1) is 5.52 Å². The van der Waals surface area contributed by atoms with Crippen LogP contribution in [0.1, 0.15) is 26.7 Å². The third kappa shape index (κ3) is 3.61. The highest BCUT2D eigenvalue weighted by Crippen LogP contribution is 2.16. The minimum Gasteiger partial charge on any atom is -0.345 e. The monoisotopic (exact) mass is 377 g/mol. The number of pyridine rings is 1. The summed E-state index contributed by atoms with van der Waals surface area (Å²) in [4.78, 5) is 34.2. The van der Waals surface area contributed by atoms with Gasteiger partial charge >= 0.3 is 0 Å². The van der Waals surface area contributed by atoms with E-state index in [1.807, 2.05) is 55.6 Å². The summed E-state index contributed by atoms with van der Waals surface area (Å²) in [5.41, 5.74) is 1.98. The molecule has 4 rings (SSSR count). The van der Waals surface area contributed by atoms with Crippen molar-refractivity contribution in [3.63, 3.8) is 0 Å². The van der Waals surface area contributed by atoms with Gasteiger partial charge in [-0.3, -0.25) is 14.0 Å². The molecule has 0 unspecified atom stereocenters. The van der Waals surface area contributed by atoms with Crippen molar-refractivity contribution in [3.05, 3.63) is 71.8 Å². The van der Waals surface area contributed by atoms with Crippen molar-refractivity contribution >= 4 is 17.3 Å². The molecule has 2 amide bonds. The number of hydrogen-bond donors (Lipinski definition) is 1. The Morgan fingerprint density at radius 2 is 1.71 bits per heavy atom. The summed E-state index contributed by atoms with van der Waals surface area (Å²) in [6, 6.07) is 15.2. The van der Waals surface area contributed by atoms with Crippen LogP contribution in [0.15, 0.2) is 54.7 Å². The molecule has 0 bridgehead atoms. The Hall–Kier alpha value is -3.19. The molecular weight excluding hydrogens is 354 g/mol. The average molecular weight is 377 g/mol. The molecule has 3 heterocycles. The minimum absolute atomic E-state index is 0.126. The number of piperazine rings is 1. The second-order valence-electron chi connectivity index (χ2n) is 7.00. The summed E-state index contributed by atoms with van der Waals surface area (Å²) in [7, 11) is 2.04. The number of benzene rings is 1. The normalized spacial score (nSPS) is 15.0. The van der Waals surface area contributed by atoms with Crippen molar-refractivity contribution in [2.24, 2.45) is 0 Å². The van der Waals surface area contributed by atoms with E-state index < -0.39 is 0 Å². The number of aromatic nitrogens is 2. The maximum absolute atomic E-state index is 13.0. The predicted molar refractivity (Wildman–Crippen MR) is 106 cm³/mol. The van der Waals surface area contributed by atoms with Crippen molar-refractivity contribution in [1.82, 2.24) is 24.5 Å². The number of rotatable bonds is 4. The number of carbonyl (C=O) groups excluding carboxylic acids is 2. The lowest BCUT2D eigenvalue weighted by Gasteiger charge is -2.32. The van der Waals surface area contributed by atoms with Gasteiger partial charge in [-0.2, -0.15) is 0 Å². The van der Waals surface area contributed by atoms with Crippen LogP contribution in [0.4, 0.5) is 0 Å². The van der Waals surface area contributed by atoms with Crippen LogP contribution in [0.2, 0.25) is 0 Å². The Morgan fingerprint density at radius 3 is 2.46 bits per heavy atom. The van der Waals surface area contributed by atoms with Crippen LogP contribution in [-0.4, -0.2) is 64.2 Å². The number of fused-ring (bicyclic) bond motifs is 1. The number of nitrogens with one attached hydrogen (secondary N) is 1. The van der Waals surface area contributed by atoms with E-state index in [9.17, 15) is 9.59 Å². The molecule has 3 aromatic rings. The average Bonchev–Trinajstić information content (AvgIpc) is 3.13. The first-order valence-electron chi connectivity index (χ1n) is 9.40. The highest BCUT2D eigenvalue weighted by atomic mass is 16.2. The van der Waals surface area contributed by atoms with Gasteiger partial charge in [0.25, 0.3) is 11.8 Å². The Bertz CT molecular complexity index is 990. The van der Waals surface area contributed by atoms with Crippen LogP contribution in [0, 0.1) is 0 Å². The topological polar surface area (TPSA) is 69.9 Å². The molecule has 7 nitrogen and oxygen atoms in total. The summed E-state index contributed by atoms with van der Waals surface area (Å²) in [5, 5.41) is 2.89. The number of nitrogens with zero attached hydrogens (tertiary/aromatic N) is 4. The fraction of sp³-hybridized carbons (Fsp3) is 0.286. The van der Waals surface area contributed by atoms with Crippen molar-refractivity contribution in [2.45, 2.75) is 6.54 Å². The number of carbonyl (C=O) groups is 2. The summed E-state index contributed by atoms with van der Waals surface area (Å²) in [6.07, 6.45) is 1.76. The molecule has 2 aromatic heterocycles. The molecule has 1 aliphatic heterocycles. The molecule has 1 aliphatic rings. The summed E-state index contributed by atoms with van der Waals surface area (Å²) in [5.74, 6) is -0.203. The predicted octanol–water partition coefficient (Wildman–Crippen LogP) is 1.65. The minimum atomic E-state index is -0.303. The summed E-state index contributed by atoms with van der Waals surface area (Å²) in [6.45, 7) is 3.40. The first-order chi connectivity index (χ1) is 13.6.